The maximum atomic E-state index is 13.5. The molecule has 1 aromatic rings. The standard InChI is InChI=1S/C20H30FNO2/c1-19(2)15-8-9-20(19,3)18(10-15)22-11-16(23)13-24-12-14-6-4-5-7-17(14)21/h4-7,15-16,18,22-23H,8-13H2,1-3H3/p+1/t15-,16+,18-,20-/m0/s1. The number of hydrogen-bond donors (Lipinski definition) is 2. The van der Waals surface area contributed by atoms with Crippen molar-refractivity contribution in [2.75, 3.05) is 13.2 Å². The van der Waals surface area contributed by atoms with Crippen molar-refractivity contribution in [3.8, 4) is 0 Å². The largest absolute Gasteiger partial charge is 0.385 e. The highest BCUT2D eigenvalue weighted by atomic mass is 19.1. The second-order valence-electron chi connectivity index (χ2n) is 8.45. The minimum atomic E-state index is -0.511. The molecule has 4 atom stereocenters. The van der Waals surface area contributed by atoms with E-state index in [1.807, 2.05) is 0 Å². The SMILES string of the molecule is CC1(C)[C@H]2CC[C@@]1(C)[C@@H]([NH2+]C[C@@H](O)COCc1ccccc1F)C2. The van der Waals surface area contributed by atoms with Gasteiger partial charge in [-0.2, -0.15) is 0 Å². The van der Waals surface area contributed by atoms with Gasteiger partial charge in [-0.05, 0) is 30.2 Å². The Morgan fingerprint density at radius 2 is 2.08 bits per heavy atom. The highest BCUT2D eigenvalue weighted by Gasteiger charge is 2.63. The molecule has 3 rings (SSSR count). The second-order valence-corrected chi connectivity index (χ2v) is 8.45. The van der Waals surface area contributed by atoms with E-state index >= 15 is 0 Å². The lowest BCUT2D eigenvalue weighted by Gasteiger charge is -2.37. The smallest absolute Gasteiger partial charge is 0.128 e. The third kappa shape index (κ3) is 3.12. The van der Waals surface area contributed by atoms with Gasteiger partial charge in [0.25, 0.3) is 0 Å². The predicted molar refractivity (Wildman–Crippen MR) is 91.9 cm³/mol. The molecule has 0 spiro atoms. The van der Waals surface area contributed by atoms with E-state index in [2.05, 4.69) is 26.1 Å². The number of fused-ring (bicyclic) bond motifs is 2. The molecule has 0 aromatic heterocycles. The molecule has 0 aliphatic heterocycles. The molecule has 0 heterocycles. The van der Waals surface area contributed by atoms with Gasteiger partial charge in [0.1, 0.15) is 18.5 Å². The van der Waals surface area contributed by atoms with E-state index in [0.29, 0.717) is 29.0 Å². The number of benzene rings is 1. The van der Waals surface area contributed by atoms with E-state index in [1.54, 1.807) is 18.2 Å². The minimum absolute atomic E-state index is 0.208. The molecule has 3 nitrogen and oxygen atoms in total. The van der Waals surface area contributed by atoms with Crippen molar-refractivity contribution in [2.24, 2.45) is 16.7 Å². The average molecular weight is 336 g/mol. The van der Waals surface area contributed by atoms with Gasteiger partial charge in [0, 0.05) is 17.4 Å². The van der Waals surface area contributed by atoms with Gasteiger partial charge in [-0.3, -0.25) is 0 Å². The van der Waals surface area contributed by atoms with E-state index < -0.39 is 6.10 Å². The highest BCUT2D eigenvalue weighted by molar-refractivity contribution is 5.16. The summed E-state index contributed by atoms with van der Waals surface area (Å²) in [6.07, 6.45) is 3.39. The lowest BCUT2D eigenvalue weighted by atomic mass is 9.69. The molecule has 0 amide bonds. The zero-order valence-corrected chi connectivity index (χ0v) is 15.1. The number of halogens is 1. The summed E-state index contributed by atoms with van der Waals surface area (Å²) < 4.78 is 19.0. The van der Waals surface area contributed by atoms with E-state index in [0.717, 1.165) is 5.92 Å². The van der Waals surface area contributed by atoms with Crippen LogP contribution in [0.15, 0.2) is 24.3 Å². The third-order valence-electron chi connectivity index (χ3n) is 7.08. The molecule has 1 aromatic carbocycles. The van der Waals surface area contributed by atoms with Crippen LogP contribution in [0, 0.1) is 22.6 Å². The van der Waals surface area contributed by atoms with Crippen LogP contribution >= 0.6 is 0 Å². The monoisotopic (exact) mass is 336 g/mol. The molecule has 2 aliphatic rings. The van der Waals surface area contributed by atoms with Crippen LogP contribution in [0.1, 0.15) is 45.6 Å². The molecular formula is C20H31FNO2+. The fourth-order valence-corrected chi connectivity index (χ4v) is 4.93. The third-order valence-corrected chi connectivity index (χ3v) is 7.08. The summed E-state index contributed by atoms with van der Waals surface area (Å²) in [6.45, 7) is 8.35. The maximum Gasteiger partial charge on any atom is 0.128 e. The average Bonchev–Trinajstić information content (AvgIpc) is 2.88. The highest BCUT2D eigenvalue weighted by Crippen LogP contribution is 2.64. The van der Waals surface area contributed by atoms with Crippen molar-refractivity contribution >= 4 is 0 Å². The zero-order valence-electron chi connectivity index (χ0n) is 15.1. The summed E-state index contributed by atoms with van der Waals surface area (Å²) in [5.74, 6) is 0.564. The fourth-order valence-electron chi connectivity index (χ4n) is 4.93. The lowest BCUT2D eigenvalue weighted by molar-refractivity contribution is -0.707. The molecule has 2 saturated carbocycles. The van der Waals surface area contributed by atoms with Crippen LogP contribution in [-0.4, -0.2) is 30.4 Å². The summed E-state index contributed by atoms with van der Waals surface area (Å²) in [5, 5.41) is 12.5. The van der Waals surface area contributed by atoms with Crippen molar-refractivity contribution in [2.45, 2.75) is 58.8 Å². The van der Waals surface area contributed by atoms with Gasteiger partial charge in [0.05, 0.1) is 19.3 Å². The van der Waals surface area contributed by atoms with Gasteiger partial charge in [-0.25, -0.2) is 4.39 Å². The van der Waals surface area contributed by atoms with Crippen LogP contribution in [0.2, 0.25) is 0 Å². The Balaban J connectivity index is 1.42. The van der Waals surface area contributed by atoms with Crippen molar-refractivity contribution in [3.05, 3.63) is 35.6 Å². The first kappa shape index (κ1) is 17.8. The molecule has 2 bridgehead atoms. The van der Waals surface area contributed by atoms with Crippen molar-refractivity contribution in [1.29, 1.82) is 0 Å². The number of ether oxygens (including phenoxy) is 1. The summed E-state index contributed by atoms with van der Waals surface area (Å²) in [7, 11) is 0. The summed E-state index contributed by atoms with van der Waals surface area (Å²) in [4.78, 5) is 0. The molecule has 3 N–H and O–H groups in total. The maximum absolute atomic E-state index is 13.5. The number of quaternary nitrogens is 1. The fraction of sp³-hybridized carbons (Fsp3) is 0.700. The van der Waals surface area contributed by atoms with Crippen LogP contribution < -0.4 is 5.32 Å². The van der Waals surface area contributed by atoms with E-state index in [1.165, 1.54) is 25.3 Å². The summed E-state index contributed by atoms with van der Waals surface area (Å²) >= 11 is 0. The van der Waals surface area contributed by atoms with Crippen molar-refractivity contribution < 1.29 is 19.6 Å². The Hall–Kier alpha value is -0.970. The first-order valence-electron chi connectivity index (χ1n) is 9.17. The van der Waals surface area contributed by atoms with Crippen LogP contribution in [0.5, 0.6) is 0 Å². The predicted octanol–water partition coefficient (Wildman–Crippen LogP) is 2.48. The molecule has 0 saturated heterocycles. The Morgan fingerprint density at radius 1 is 1.33 bits per heavy atom. The van der Waals surface area contributed by atoms with Crippen LogP contribution in [-0.2, 0) is 11.3 Å². The van der Waals surface area contributed by atoms with E-state index in [9.17, 15) is 9.50 Å². The molecule has 4 heteroatoms. The lowest BCUT2D eigenvalue weighted by Crippen LogP contribution is -2.94. The molecule has 134 valence electrons. The Labute approximate surface area is 144 Å². The van der Waals surface area contributed by atoms with Gasteiger partial charge in [0.15, 0.2) is 0 Å². The second kappa shape index (κ2) is 6.74. The quantitative estimate of drug-likeness (QED) is 0.803. The molecular weight excluding hydrogens is 305 g/mol. The van der Waals surface area contributed by atoms with Crippen molar-refractivity contribution in [3.63, 3.8) is 0 Å². The molecule has 0 radical (unpaired) electrons. The summed E-state index contributed by atoms with van der Waals surface area (Å²) in [6, 6.07) is 7.20. The number of rotatable bonds is 7. The topological polar surface area (TPSA) is 46.1 Å². The van der Waals surface area contributed by atoms with Crippen LogP contribution in [0.25, 0.3) is 0 Å². The van der Waals surface area contributed by atoms with E-state index in [-0.39, 0.29) is 19.0 Å². The van der Waals surface area contributed by atoms with Gasteiger partial charge < -0.3 is 15.2 Å². The van der Waals surface area contributed by atoms with Crippen LogP contribution in [0.3, 0.4) is 0 Å². The molecule has 24 heavy (non-hydrogen) atoms. The van der Waals surface area contributed by atoms with Crippen LogP contribution in [0.4, 0.5) is 4.39 Å². The molecule has 0 unspecified atom stereocenters. The minimum Gasteiger partial charge on any atom is -0.385 e. The zero-order chi connectivity index (χ0) is 17.4. The molecule has 2 aliphatic carbocycles. The number of aliphatic hydroxyl groups is 1. The number of aliphatic hydroxyl groups excluding tert-OH is 1. The Bertz CT molecular complexity index is 577. The Kier molecular flexibility index (Phi) is 5.01. The Morgan fingerprint density at radius 3 is 2.71 bits per heavy atom. The first-order valence-corrected chi connectivity index (χ1v) is 9.17. The van der Waals surface area contributed by atoms with Crippen molar-refractivity contribution in [1.82, 2.24) is 0 Å². The van der Waals surface area contributed by atoms with E-state index in [4.69, 9.17) is 4.74 Å². The van der Waals surface area contributed by atoms with Gasteiger partial charge in [0.2, 0.25) is 0 Å². The summed E-state index contributed by atoms with van der Waals surface area (Å²) in [5.41, 5.74) is 1.31. The number of hydrogen-bond acceptors (Lipinski definition) is 2. The normalized spacial score (nSPS) is 32.2. The first-order chi connectivity index (χ1) is 11.3. The van der Waals surface area contributed by atoms with Gasteiger partial charge in [-0.15, -0.1) is 0 Å². The molecule has 2 fully saturated rings. The van der Waals surface area contributed by atoms with Gasteiger partial charge in [-0.1, -0.05) is 39.0 Å². The van der Waals surface area contributed by atoms with Gasteiger partial charge >= 0.3 is 0 Å². The number of nitrogens with two attached hydrogens (primary N) is 1.